The summed E-state index contributed by atoms with van der Waals surface area (Å²) in [7, 11) is 0. The van der Waals surface area contributed by atoms with Crippen molar-refractivity contribution >= 4 is 29.4 Å². The zero-order valence-electron chi connectivity index (χ0n) is 13.2. The van der Waals surface area contributed by atoms with Crippen LogP contribution in [-0.2, 0) is 14.3 Å². The van der Waals surface area contributed by atoms with Crippen LogP contribution in [0.5, 0.6) is 0 Å². The van der Waals surface area contributed by atoms with Gasteiger partial charge in [-0.15, -0.1) is 11.3 Å². The summed E-state index contributed by atoms with van der Waals surface area (Å²) in [4.78, 5) is 26.5. The highest BCUT2D eigenvalue weighted by molar-refractivity contribution is 7.11. The Bertz CT molecular complexity index is 553. The highest BCUT2D eigenvalue weighted by Crippen LogP contribution is 2.12. The van der Waals surface area contributed by atoms with Gasteiger partial charge in [0, 0.05) is 24.5 Å². The SMILES string of the molecule is Cc1ccsc1/C=N\NC(=O)C(=O)NCCCN1CCOCC1. The summed E-state index contributed by atoms with van der Waals surface area (Å²) in [6.07, 6.45) is 2.35. The van der Waals surface area contributed by atoms with E-state index in [1.165, 1.54) is 11.3 Å². The summed E-state index contributed by atoms with van der Waals surface area (Å²) in [6.45, 7) is 6.68. The van der Waals surface area contributed by atoms with Gasteiger partial charge in [0.2, 0.25) is 0 Å². The van der Waals surface area contributed by atoms with E-state index in [1.54, 1.807) is 6.21 Å². The number of nitrogens with zero attached hydrogens (tertiary/aromatic N) is 2. The van der Waals surface area contributed by atoms with Crippen LogP contribution in [0.15, 0.2) is 16.5 Å². The molecule has 8 heteroatoms. The lowest BCUT2D eigenvalue weighted by molar-refractivity contribution is -0.139. The third kappa shape index (κ3) is 6.09. The van der Waals surface area contributed by atoms with E-state index < -0.39 is 11.8 Å². The van der Waals surface area contributed by atoms with Crippen molar-refractivity contribution in [2.45, 2.75) is 13.3 Å². The monoisotopic (exact) mass is 338 g/mol. The highest BCUT2D eigenvalue weighted by Gasteiger charge is 2.13. The topological polar surface area (TPSA) is 83.0 Å². The Kier molecular flexibility index (Phi) is 7.18. The molecule has 126 valence electrons. The zero-order valence-corrected chi connectivity index (χ0v) is 14.0. The third-order valence-electron chi connectivity index (χ3n) is 3.50. The molecule has 1 aliphatic heterocycles. The fourth-order valence-electron chi connectivity index (χ4n) is 2.13. The molecule has 1 aromatic rings. The smallest absolute Gasteiger partial charge is 0.329 e. The molecule has 1 fully saturated rings. The lowest BCUT2D eigenvalue weighted by atomic mass is 10.3. The number of carbonyl (C=O) groups excluding carboxylic acids is 2. The Hall–Kier alpha value is -1.77. The maximum atomic E-state index is 11.6. The van der Waals surface area contributed by atoms with E-state index in [-0.39, 0.29) is 0 Å². The van der Waals surface area contributed by atoms with E-state index in [2.05, 4.69) is 20.7 Å². The standard InChI is InChI=1S/C15H22N4O3S/c1-12-3-10-23-13(12)11-17-18-15(21)14(20)16-4-2-5-19-6-8-22-9-7-19/h3,10-11H,2,4-9H2,1H3,(H,16,20)(H,18,21)/b17-11-. The van der Waals surface area contributed by atoms with Crippen molar-refractivity contribution in [2.75, 3.05) is 39.4 Å². The minimum Gasteiger partial charge on any atom is -0.379 e. The van der Waals surface area contributed by atoms with Crippen molar-refractivity contribution in [1.82, 2.24) is 15.6 Å². The van der Waals surface area contributed by atoms with Gasteiger partial charge in [-0.1, -0.05) is 0 Å². The Morgan fingerprint density at radius 2 is 2.17 bits per heavy atom. The van der Waals surface area contributed by atoms with Crippen LogP contribution in [0.3, 0.4) is 0 Å². The number of aryl methyl sites for hydroxylation is 1. The number of hydrogen-bond acceptors (Lipinski definition) is 6. The molecule has 2 heterocycles. The van der Waals surface area contributed by atoms with Crippen molar-refractivity contribution in [3.8, 4) is 0 Å². The summed E-state index contributed by atoms with van der Waals surface area (Å²) in [5, 5.41) is 8.34. The van der Waals surface area contributed by atoms with E-state index in [0.717, 1.165) is 49.7 Å². The second-order valence-corrected chi connectivity index (χ2v) is 6.18. The quantitative estimate of drug-likeness (QED) is 0.339. The van der Waals surface area contributed by atoms with Gasteiger partial charge in [0.15, 0.2) is 0 Å². The number of ether oxygens (including phenoxy) is 1. The normalized spacial score (nSPS) is 15.7. The first-order chi connectivity index (χ1) is 11.2. The first-order valence-electron chi connectivity index (χ1n) is 7.62. The first kappa shape index (κ1) is 17.6. The van der Waals surface area contributed by atoms with Crippen LogP contribution in [0.2, 0.25) is 0 Å². The number of rotatable bonds is 6. The molecule has 0 aliphatic carbocycles. The maximum Gasteiger partial charge on any atom is 0.329 e. The highest BCUT2D eigenvalue weighted by atomic mass is 32.1. The molecule has 0 spiro atoms. The number of carbonyl (C=O) groups is 2. The molecule has 0 bridgehead atoms. The number of amides is 2. The molecule has 2 amide bonds. The molecule has 0 saturated carbocycles. The molecule has 2 N–H and O–H groups in total. The van der Waals surface area contributed by atoms with Crippen LogP contribution in [0.25, 0.3) is 0 Å². The maximum absolute atomic E-state index is 11.6. The van der Waals surface area contributed by atoms with Crippen LogP contribution < -0.4 is 10.7 Å². The van der Waals surface area contributed by atoms with Crippen LogP contribution >= 0.6 is 11.3 Å². The van der Waals surface area contributed by atoms with Gasteiger partial charge in [-0.25, -0.2) is 5.43 Å². The molecule has 0 atom stereocenters. The van der Waals surface area contributed by atoms with Gasteiger partial charge in [0.05, 0.1) is 19.4 Å². The second kappa shape index (κ2) is 9.39. The van der Waals surface area contributed by atoms with E-state index in [1.807, 2.05) is 18.4 Å². The van der Waals surface area contributed by atoms with Crippen molar-refractivity contribution in [3.05, 3.63) is 21.9 Å². The fraction of sp³-hybridized carbons (Fsp3) is 0.533. The van der Waals surface area contributed by atoms with Crippen molar-refractivity contribution in [2.24, 2.45) is 5.10 Å². The minimum atomic E-state index is -0.748. The molecular weight excluding hydrogens is 316 g/mol. The predicted molar refractivity (Wildman–Crippen MR) is 89.7 cm³/mol. The van der Waals surface area contributed by atoms with Gasteiger partial charge in [-0.05, 0) is 36.9 Å². The van der Waals surface area contributed by atoms with E-state index in [0.29, 0.717) is 6.54 Å². The number of hydrazone groups is 1. The number of morpholine rings is 1. The summed E-state index contributed by atoms with van der Waals surface area (Å²) < 4.78 is 5.27. The zero-order chi connectivity index (χ0) is 16.5. The second-order valence-electron chi connectivity index (χ2n) is 5.23. The van der Waals surface area contributed by atoms with E-state index in [9.17, 15) is 9.59 Å². The van der Waals surface area contributed by atoms with Gasteiger partial charge >= 0.3 is 11.8 Å². The van der Waals surface area contributed by atoms with Gasteiger partial charge in [-0.2, -0.15) is 5.10 Å². The van der Waals surface area contributed by atoms with Crippen LogP contribution in [0, 0.1) is 6.92 Å². The molecule has 1 aliphatic rings. The van der Waals surface area contributed by atoms with Crippen LogP contribution in [0.1, 0.15) is 16.9 Å². The Morgan fingerprint density at radius 1 is 1.39 bits per heavy atom. The summed E-state index contributed by atoms with van der Waals surface area (Å²) in [5.74, 6) is -1.41. The Labute approximate surface area is 139 Å². The largest absolute Gasteiger partial charge is 0.379 e. The van der Waals surface area contributed by atoms with Crippen LogP contribution in [-0.4, -0.2) is 62.3 Å². The molecule has 7 nitrogen and oxygen atoms in total. The van der Waals surface area contributed by atoms with Crippen LogP contribution in [0.4, 0.5) is 0 Å². The molecule has 1 aromatic heterocycles. The summed E-state index contributed by atoms with van der Waals surface area (Å²) in [6, 6.07) is 1.97. The van der Waals surface area contributed by atoms with Crippen molar-refractivity contribution in [3.63, 3.8) is 0 Å². The number of hydrogen-bond donors (Lipinski definition) is 2. The molecule has 0 aromatic carbocycles. The number of thiophene rings is 1. The van der Waals surface area contributed by atoms with Gasteiger partial charge in [0.25, 0.3) is 0 Å². The average Bonchev–Trinajstić information content (AvgIpc) is 2.97. The molecular formula is C15H22N4O3S. The predicted octanol–water partition coefficient (Wildman–Crippen LogP) is 0.345. The Balaban J connectivity index is 1.60. The summed E-state index contributed by atoms with van der Waals surface area (Å²) in [5.41, 5.74) is 3.32. The minimum absolute atomic E-state index is 0.470. The van der Waals surface area contributed by atoms with Gasteiger partial charge in [0.1, 0.15) is 0 Å². The number of nitrogens with one attached hydrogen (secondary N) is 2. The fourth-order valence-corrected chi connectivity index (χ4v) is 2.91. The van der Waals surface area contributed by atoms with E-state index >= 15 is 0 Å². The van der Waals surface area contributed by atoms with Crippen molar-refractivity contribution < 1.29 is 14.3 Å². The van der Waals surface area contributed by atoms with Crippen molar-refractivity contribution in [1.29, 1.82) is 0 Å². The lowest BCUT2D eigenvalue weighted by Crippen LogP contribution is -2.40. The molecule has 2 rings (SSSR count). The van der Waals surface area contributed by atoms with Gasteiger partial charge in [-0.3, -0.25) is 14.5 Å². The molecule has 1 saturated heterocycles. The molecule has 0 unspecified atom stereocenters. The van der Waals surface area contributed by atoms with E-state index in [4.69, 9.17) is 4.74 Å². The van der Waals surface area contributed by atoms with Gasteiger partial charge < -0.3 is 10.1 Å². The average molecular weight is 338 g/mol. The Morgan fingerprint density at radius 3 is 2.87 bits per heavy atom. The first-order valence-corrected chi connectivity index (χ1v) is 8.50. The molecule has 23 heavy (non-hydrogen) atoms. The molecule has 0 radical (unpaired) electrons. The summed E-state index contributed by atoms with van der Waals surface area (Å²) >= 11 is 1.53. The lowest BCUT2D eigenvalue weighted by Gasteiger charge is -2.26. The third-order valence-corrected chi connectivity index (χ3v) is 4.45.